The van der Waals surface area contributed by atoms with Crippen molar-refractivity contribution >= 4 is 16.9 Å². The monoisotopic (exact) mass is 382 g/mol. The Balaban J connectivity index is 1.81. The number of benzene rings is 2. The first-order valence-electron chi connectivity index (χ1n) is 8.96. The molecule has 0 amide bonds. The van der Waals surface area contributed by atoms with Gasteiger partial charge in [-0.25, -0.2) is 4.79 Å². The molecule has 3 aromatic rings. The van der Waals surface area contributed by atoms with Gasteiger partial charge in [-0.15, -0.1) is 0 Å². The predicted molar refractivity (Wildman–Crippen MR) is 105 cm³/mol. The van der Waals surface area contributed by atoms with Gasteiger partial charge in [-0.1, -0.05) is 12.1 Å². The smallest absolute Gasteiger partial charge is 0.344 e. The maximum atomic E-state index is 12.7. The zero-order chi connectivity index (χ0) is 20.3. The summed E-state index contributed by atoms with van der Waals surface area (Å²) in [6, 6.07) is 10.5. The number of carbonyl (C=O) groups excluding carboxylic acids is 1. The second-order valence-corrected chi connectivity index (χ2v) is 6.79. The lowest BCUT2D eigenvalue weighted by atomic mass is 10.1. The lowest BCUT2D eigenvalue weighted by Crippen LogP contribution is -2.18. The molecule has 146 valence electrons. The molecular weight excluding hydrogens is 360 g/mol. The molecule has 1 heterocycles. The van der Waals surface area contributed by atoms with Crippen molar-refractivity contribution in [1.29, 1.82) is 0 Å². The second-order valence-electron chi connectivity index (χ2n) is 6.79. The first kappa shape index (κ1) is 19.5. The Bertz CT molecular complexity index is 1060. The van der Waals surface area contributed by atoms with E-state index in [1.807, 2.05) is 32.0 Å². The minimum atomic E-state index is -0.464. The van der Waals surface area contributed by atoms with E-state index in [4.69, 9.17) is 18.6 Å². The van der Waals surface area contributed by atoms with E-state index < -0.39 is 5.97 Å². The van der Waals surface area contributed by atoms with E-state index >= 15 is 0 Å². The third kappa shape index (κ3) is 4.52. The molecule has 1 aromatic heterocycles. The highest BCUT2D eigenvalue weighted by Gasteiger charge is 2.12. The number of esters is 1. The van der Waals surface area contributed by atoms with Gasteiger partial charge in [-0.05, 0) is 57.0 Å². The van der Waals surface area contributed by atoms with Crippen LogP contribution in [-0.4, -0.2) is 18.7 Å². The van der Waals surface area contributed by atoms with Gasteiger partial charge >= 0.3 is 5.97 Å². The lowest BCUT2D eigenvalue weighted by molar-refractivity contribution is -0.149. The number of aryl methyl sites for hydroxylation is 2. The third-order valence-corrected chi connectivity index (χ3v) is 4.00. The van der Waals surface area contributed by atoms with Crippen LogP contribution in [0, 0.1) is 13.8 Å². The fourth-order valence-corrected chi connectivity index (χ4v) is 2.63. The van der Waals surface area contributed by atoms with Crippen LogP contribution >= 0.6 is 0 Å². The third-order valence-electron chi connectivity index (χ3n) is 4.00. The van der Waals surface area contributed by atoms with Gasteiger partial charge in [0.2, 0.25) is 11.2 Å². The molecule has 0 aliphatic rings. The average molecular weight is 382 g/mol. The van der Waals surface area contributed by atoms with Gasteiger partial charge in [-0.2, -0.15) is 0 Å². The Hall–Kier alpha value is -3.28. The van der Waals surface area contributed by atoms with Crippen molar-refractivity contribution in [3.8, 4) is 17.2 Å². The molecule has 0 unspecified atom stereocenters. The predicted octanol–water partition coefficient (Wildman–Crippen LogP) is 4.53. The molecule has 0 fully saturated rings. The summed E-state index contributed by atoms with van der Waals surface area (Å²) in [6.45, 7) is 7.17. The molecule has 6 heteroatoms. The highest BCUT2D eigenvalue weighted by Crippen LogP contribution is 2.26. The van der Waals surface area contributed by atoms with Crippen LogP contribution < -0.4 is 14.9 Å². The molecule has 0 spiro atoms. The van der Waals surface area contributed by atoms with Gasteiger partial charge < -0.3 is 18.6 Å². The molecule has 0 N–H and O–H groups in total. The summed E-state index contributed by atoms with van der Waals surface area (Å²) in [4.78, 5) is 24.3. The molecule has 0 radical (unpaired) electrons. The van der Waals surface area contributed by atoms with E-state index in [0.29, 0.717) is 22.5 Å². The molecule has 0 saturated heterocycles. The standard InChI is InChI=1S/C22H22O6/c1-13(2)27-21(23)12-25-16-7-8-17-19(10-16)26-11-20(22(17)24)28-18-9-14(3)5-6-15(18)4/h5-11,13H,12H2,1-4H3. The van der Waals surface area contributed by atoms with Crippen LogP contribution in [0.15, 0.2) is 51.9 Å². The van der Waals surface area contributed by atoms with Crippen LogP contribution in [0.4, 0.5) is 0 Å². The Morgan fingerprint density at radius 2 is 1.86 bits per heavy atom. The molecule has 0 atom stereocenters. The van der Waals surface area contributed by atoms with Crippen molar-refractivity contribution in [2.45, 2.75) is 33.8 Å². The van der Waals surface area contributed by atoms with Crippen molar-refractivity contribution < 1.29 is 23.4 Å². The molecule has 0 aliphatic carbocycles. The molecule has 3 rings (SSSR count). The topological polar surface area (TPSA) is 75.0 Å². The van der Waals surface area contributed by atoms with Crippen molar-refractivity contribution in [3.63, 3.8) is 0 Å². The highest BCUT2D eigenvalue weighted by molar-refractivity contribution is 5.79. The van der Waals surface area contributed by atoms with Crippen LogP contribution in [0.25, 0.3) is 11.0 Å². The van der Waals surface area contributed by atoms with Gasteiger partial charge in [0.05, 0.1) is 11.5 Å². The zero-order valence-corrected chi connectivity index (χ0v) is 16.3. The first-order valence-corrected chi connectivity index (χ1v) is 8.96. The minimum Gasteiger partial charge on any atom is -0.482 e. The van der Waals surface area contributed by atoms with Gasteiger partial charge in [-0.3, -0.25) is 4.79 Å². The SMILES string of the molecule is Cc1ccc(C)c(Oc2coc3cc(OCC(=O)OC(C)C)ccc3c2=O)c1. The first-order chi connectivity index (χ1) is 13.3. The molecule has 0 bridgehead atoms. The Labute approximate surface area is 162 Å². The largest absolute Gasteiger partial charge is 0.482 e. The second kappa shape index (κ2) is 8.17. The van der Waals surface area contributed by atoms with Gasteiger partial charge in [0.25, 0.3) is 0 Å². The summed E-state index contributed by atoms with van der Waals surface area (Å²) in [7, 11) is 0. The fourth-order valence-electron chi connectivity index (χ4n) is 2.63. The molecule has 28 heavy (non-hydrogen) atoms. The van der Waals surface area contributed by atoms with Crippen LogP contribution in [0.1, 0.15) is 25.0 Å². The summed E-state index contributed by atoms with van der Waals surface area (Å²) in [6.07, 6.45) is 1.07. The molecule has 2 aromatic carbocycles. The number of hydrogen-bond acceptors (Lipinski definition) is 6. The maximum absolute atomic E-state index is 12.7. The van der Waals surface area contributed by atoms with E-state index in [-0.39, 0.29) is 23.9 Å². The molecule has 0 saturated carbocycles. The van der Waals surface area contributed by atoms with Crippen LogP contribution in [0.3, 0.4) is 0 Å². The van der Waals surface area contributed by atoms with E-state index in [9.17, 15) is 9.59 Å². The van der Waals surface area contributed by atoms with Crippen LogP contribution in [-0.2, 0) is 9.53 Å². The van der Waals surface area contributed by atoms with Crippen molar-refractivity contribution in [1.82, 2.24) is 0 Å². The van der Waals surface area contributed by atoms with Crippen LogP contribution in [0.5, 0.6) is 17.2 Å². The Kier molecular flexibility index (Phi) is 5.68. The summed E-state index contributed by atoms with van der Waals surface area (Å²) in [5.41, 5.74) is 2.01. The van der Waals surface area contributed by atoms with Crippen molar-refractivity contribution in [3.05, 3.63) is 64.0 Å². The van der Waals surface area contributed by atoms with Crippen molar-refractivity contribution in [2.24, 2.45) is 0 Å². The Morgan fingerprint density at radius 3 is 2.61 bits per heavy atom. The van der Waals surface area contributed by atoms with E-state index in [0.717, 1.165) is 11.1 Å². The average Bonchev–Trinajstić information content (AvgIpc) is 2.64. The Morgan fingerprint density at radius 1 is 1.07 bits per heavy atom. The zero-order valence-electron chi connectivity index (χ0n) is 16.3. The van der Waals surface area contributed by atoms with E-state index in [1.165, 1.54) is 6.26 Å². The lowest BCUT2D eigenvalue weighted by Gasteiger charge is -2.10. The summed E-state index contributed by atoms with van der Waals surface area (Å²) in [5, 5.41) is 0.361. The summed E-state index contributed by atoms with van der Waals surface area (Å²) in [5.74, 6) is 0.652. The van der Waals surface area contributed by atoms with Gasteiger partial charge in [0.1, 0.15) is 23.3 Å². The minimum absolute atomic E-state index is 0.107. The summed E-state index contributed by atoms with van der Waals surface area (Å²) >= 11 is 0. The fraction of sp³-hybridized carbons (Fsp3) is 0.273. The quantitative estimate of drug-likeness (QED) is 0.583. The number of ether oxygens (including phenoxy) is 3. The van der Waals surface area contributed by atoms with Crippen molar-refractivity contribution in [2.75, 3.05) is 6.61 Å². The van der Waals surface area contributed by atoms with Gasteiger partial charge in [0.15, 0.2) is 6.61 Å². The van der Waals surface area contributed by atoms with E-state index in [2.05, 4.69) is 0 Å². The molecule has 0 aliphatic heterocycles. The van der Waals surface area contributed by atoms with Crippen LogP contribution in [0.2, 0.25) is 0 Å². The number of hydrogen-bond donors (Lipinski definition) is 0. The molecule has 6 nitrogen and oxygen atoms in total. The normalized spacial score (nSPS) is 10.9. The summed E-state index contributed by atoms with van der Waals surface area (Å²) < 4.78 is 21.8. The van der Waals surface area contributed by atoms with E-state index in [1.54, 1.807) is 32.0 Å². The van der Waals surface area contributed by atoms with Gasteiger partial charge in [0, 0.05) is 6.07 Å². The molecular formula is C22H22O6. The number of rotatable bonds is 6. The number of fused-ring (bicyclic) bond motifs is 1. The highest BCUT2D eigenvalue weighted by atomic mass is 16.6. The number of carbonyl (C=O) groups is 1. The maximum Gasteiger partial charge on any atom is 0.344 e.